The van der Waals surface area contributed by atoms with Crippen molar-refractivity contribution in [3.8, 4) is 0 Å². The quantitative estimate of drug-likeness (QED) is 0.762. The zero-order chi connectivity index (χ0) is 12.8. The van der Waals surface area contributed by atoms with Crippen molar-refractivity contribution in [2.75, 3.05) is 18.8 Å². The van der Waals surface area contributed by atoms with Gasteiger partial charge in [-0.2, -0.15) is 0 Å². The maximum atomic E-state index is 12.5. The number of aliphatic hydroxyl groups excluding tert-OH is 1. The molecule has 0 bridgehead atoms. The molecule has 18 heavy (non-hydrogen) atoms. The molecule has 0 aromatic heterocycles. The van der Waals surface area contributed by atoms with Crippen molar-refractivity contribution in [2.45, 2.75) is 30.8 Å². The van der Waals surface area contributed by atoms with Crippen molar-refractivity contribution in [1.29, 1.82) is 0 Å². The van der Waals surface area contributed by atoms with E-state index in [9.17, 15) is 9.90 Å². The maximum Gasteiger partial charge on any atom is 0.233 e. The van der Waals surface area contributed by atoms with E-state index in [1.807, 2.05) is 24.3 Å². The number of amides is 1. The van der Waals surface area contributed by atoms with Crippen LogP contribution in [-0.2, 0) is 10.2 Å². The Morgan fingerprint density at radius 1 is 1.33 bits per heavy atom. The van der Waals surface area contributed by atoms with Crippen LogP contribution in [0.25, 0.3) is 0 Å². The van der Waals surface area contributed by atoms with Gasteiger partial charge in [0, 0.05) is 18.8 Å². The number of anilines is 1. The predicted octanol–water partition coefficient (Wildman–Crippen LogP) is 0.894. The van der Waals surface area contributed by atoms with Gasteiger partial charge in [0.15, 0.2) is 0 Å². The van der Waals surface area contributed by atoms with Crippen LogP contribution >= 0.6 is 0 Å². The van der Waals surface area contributed by atoms with Crippen LogP contribution in [0, 0.1) is 0 Å². The zero-order valence-corrected chi connectivity index (χ0v) is 10.3. The first kappa shape index (κ1) is 11.5. The molecule has 1 aliphatic carbocycles. The summed E-state index contributed by atoms with van der Waals surface area (Å²) in [5, 5.41) is 9.53. The van der Waals surface area contributed by atoms with Gasteiger partial charge in [-0.3, -0.25) is 4.79 Å². The lowest BCUT2D eigenvalue weighted by Gasteiger charge is -2.23. The Kier molecular flexibility index (Phi) is 2.55. The largest absolute Gasteiger partial charge is 0.399 e. The van der Waals surface area contributed by atoms with E-state index >= 15 is 0 Å². The van der Waals surface area contributed by atoms with E-state index < -0.39 is 0 Å². The summed E-state index contributed by atoms with van der Waals surface area (Å²) in [5.74, 6) is 0.170. The number of benzene rings is 1. The summed E-state index contributed by atoms with van der Waals surface area (Å²) < 4.78 is 0. The fourth-order valence-electron chi connectivity index (χ4n) is 2.78. The van der Waals surface area contributed by atoms with Gasteiger partial charge in [-0.15, -0.1) is 0 Å². The first-order chi connectivity index (χ1) is 8.62. The Bertz CT molecular complexity index is 465. The predicted molar refractivity (Wildman–Crippen MR) is 69.0 cm³/mol. The molecule has 1 aromatic carbocycles. The molecule has 0 radical (unpaired) electrons. The average molecular weight is 246 g/mol. The number of likely N-dealkylation sites (tertiary alicyclic amines) is 1. The van der Waals surface area contributed by atoms with Gasteiger partial charge in [0.05, 0.1) is 11.5 Å². The molecule has 1 amide bonds. The molecular formula is C14H18N2O2. The van der Waals surface area contributed by atoms with Gasteiger partial charge in [-0.05, 0) is 37.0 Å². The smallest absolute Gasteiger partial charge is 0.233 e. The summed E-state index contributed by atoms with van der Waals surface area (Å²) in [6.45, 7) is 1.16. The minimum Gasteiger partial charge on any atom is -0.399 e. The van der Waals surface area contributed by atoms with Crippen LogP contribution in [0.15, 0.2) is 24.3 Å². The van der Waals surface area contributed by atoms with Crippen LogP contribution in [0.5, 0.6) is 0 Å². The second kappa shape index (κ2) is 3.99. The number of hydrogen-bond donors (Lipinski definition) is 2. The van der Waals surface area contributed by atoms with Crippen molar-refractivity contribution < 1.29 is 9.90 Å². The second-order valence-electron chi connectivity index (χ2n) is 5.40. The van der Waals surface area contributed by atoms with Gasteiger partial charge < -0.3 is 15.7 Å². The Morgan fingerprint density at radius 3 is 2.50 bits per heavy atom. The van der Waals surface area contributed by atoms with E-state index in [1.165, 1.54) is 0 Å². The van der Waals surface area contributed by atoms with E-state index in [1.54, 1.807) is 4.90 Å². The van der Waals surface area contributed by atoms with E-state index in [0.717, 1.165) is 24.1 Å². The van der Waals surface area contributed by atoms with Crippen LogP contribution in [0.4, 0.5) is 5.69 Å². The molecule has 4 nitrogen and oxygen atoms in total. The highest BCUT2D eigenvalue weighted by Gasteiger charge is 2.53. The highest BCUT2D eigenvalue weighted by molar-refractivity contribution is 5.91. The third kappa shape index (κ3) is 1.77. The second-order valence-corrected chi connectivity index (χ2v) is 5.40. The van der Waals surface area contributed by atoms with Gasteiger partial charge in [0.1, 0.15) is 0 Å². The molecule has 2 aliphatic rings. The lowest BCUT2D eigenvalue weighted by Crippen LogP contribution is -2.38. The standard InChI is InChI=1S/C14H18N2O2/c15-11-3-1-10(2-4-11)14(6-7-14)13(18)16-8-5-12(17)9-16/h1-4,12,17H,5-9,15H2/t12-/m1/s1. The van der Waals surface area contributed by atoms with Crippen LogP contribution < -0.4 is 5.73 Å². The van der Waals surface area contributed by atoms with Crippen LogP contribution in [0.2, 0.25) is 0 Å². The van der Waals surface area contributed by atoms with Crippen molar-refractivity contribution in [1.82, 2.24) is 4.90 Å². The molecule has 1 saturated carbocycles. The third-order valence-electron chi connectivity index (χ3n) is 4.07. The minimum absolute atomic E-state index is 0.170. The maximum absolute atomic E-state index is 12.5. The molecule has 3 rings (SSSR count). The first-order valence-electron chi connectivity index (χ1n) is 6.45. The SMILES string of the molecule is Nc1ccc(C2(C(=O)N3CC[C@@H](O)C3)CC2)cc1. The summed E-state index contributed by atoms with van der Waals surface area (Å²) in [6, 6.07) is 7.60. The lowest BCUT2D eigenvalue weighted by molar-refractivity contribution is -0.133. The normalized spacial score (nSPS) is 25.2. The highest BCUT2D eigenvalue weighted by Crippen LogP contribution is 2.50. The molecule has 0 spiro atoms. The summed E-state index contributed by atoms with van der Waals surface area (Å²) >= 11 is 0. The first-order valence-corrected chi connectivity index (χ1v) is 6.45. The summed E-state index contributed by atoms with van der Waals surface area (Å²) in [6.07, 6.45) is 2.16. The minimum atomic E-state index is -0.351. The van der Waals surface area contributed by atoms with E-state index in [-0.39, 0.29) is 17.4 Å². The Labute approximate surface area is 106 Å². The average Bonchev–Trinajstić information content (AvgIpc) is 3.06. The van der Waals surface area contributed by atoms with Crippen LogP contribution in [0.1, 0.15) is 24.8 Å². The van der Waals surface area contributed by atoms with Crippen molar-refractivity contribution in [3.63, 3.8) is 0 Å². The number of nitrogens with zero attached hydrogens (tertiary/aromatic N) is 1. The number of aliphatic hydroxyl groups is 1. The molecule has 1 aromatic rings. The number of carbonyl (C=O) groups excluding carboxylic acids is 1. The molecule has 2 fully saturated rings. The highest BCUT2D eigenvalue weighted by atomic mass is 16.3. The Balaban J connectivity index is 1.82. The molecule has 96 valence electrons. The molecule has 0 unspecified atom stereocenters. The third-order valence-corrected chi connectivity index (χ3v) is 4.07. The molecular weight excluding hydrogens is 228 g/mol. The fourth-order valence-corrected chi connectivity index (χ4v) is 2.78. The number of nitrogen functional groups attached to an aromatic ring is 1. The van der Waals surface area contributed by atoms with Gasteiger partial charge in [-0.1, -0.05) is 12.1 Å². The van der Waals surface area contributed by atoms with Gasteiger partial charge in [0.25, 0.3) is 0 Å². The number of hydrogen-bond acceptors (Lipinski definition) is 3. The fraction of sp³-hybridized carbons (Fsp3) is 0.500. The van der Waals surface area contributed by atoms with Crippen molar-refractivity contribution >= 4 is 11.6 Å². The van der Waals surface area contributed by atoms with Gasteiger partial charge in [-0.25, -0.2) is 0 Å². The molecule has 4 heteroatoms. The number of β-amino-alcohol motifs (C(OH)–C–C–N with tert-alkyl or cyclic N) is 1. The summed E-state index contributed by atoms with van der Waals surface area (Å²) in [5.41, 5.74) is 7.12. The monoisotopic (exact) mass is 246 g/mol. The number of carbonyl (C=O) groups is 1. The number of nitrogens with two attached hydrogens (primary N) is 1. The van der Waals surface area contributed by atoms with E-state index in [2.05, 4.69) is 0 Å². The van der Waals surface area contributed by atoms with Crippen molar-refractivity contribution in [2.24, 2.45) is 0 Å². The Hall–Kier alpha value is -1.55. The van der Waals surface area contributed by atoms with E-state index in [0.29, 0.717) is 19.5 Å². The summed E-state index contributed by atoms with van der Waals surface area (Å²) in [7, 11) is 0. The van der Waals surface area contributed by atoms with E-state index in [4.69, 9.17) is 5.73 Å². The molecule has 1 aliphatic heterocycles. The van der Waals surface area contributed by atoms with Crippen LogP contribution in [-0.4, -0.2) is 35.1 Å². The lowest BCUT2D eigenvalue weighted by atomic mass is 9.94. The molecule has 1 atom stereocenters. The molecule has 1 heterocycles. The van der Waals surface area contributed by atoms with Gasteiger partial charge >= 0.3 is 0 Å². The topological polar surface area (TPSA) is 66.6 Å². The molecule has 1 saturated heterocycles. The molecule has 3 N–H and O–H groups in total. The Morgan fingerprint density at radius 2 is 2.00 bits per heavy atom. The van der Waals surface area contributed by atoms with Crippen LogP contribution in [0.3, 0.4) is 0 Å². The zero-order valence-electron chi connectivity index (χ0n) is 10.3. The number of rotatable bonds is 2. The van der Waals surface area contributed by atoms with Gasteiger partial charge in [0.2, 0.25) is 5.91 Å². The van der Waals surface area contributed by atoms with Crippen molar-refractivity contribution in [3.05, 3.63) is 29.8 Å². The summed E-state index contributed by atoms with van der Waals surface area (Å²) in [4.78, 5) is 14.3.